The molecule has 1 atom stereocenters. The van der Waals surface area contributed by atoms with E-state index in [1.54, 1.807) is 7.11 Å². The van der Waals surface area contributed by atoms with Crippen LogP contribution in [0.4, 0.5) is 0 Å². The number of amides is 1. The number of nitrogens with zero attached hydrogens (tertiary/aromatic N) is 3. The second kappa shape index (κ2) is 7.15. The molecule has 1 amide bonds. The number of carbonyl (C=O) groups excluding carboxylic acids is 1. The summed E-state index contributed by atoms with van der Waals surface area (Å²) in [7, 11) is 3.59. The van der Waals surface area contributed by atoms with Gasteiger partial charge in [-0.25, -0.2) is 0 Å². The van der Waals surface area contributed by atoms with Crippen LogP contribution in [0.25, 0.3) is 6.08 Å². The number of fused-ring (bicyclic) bond motifs is 1. The van der Waals surface area contributed by atoms with Crippen molar-refractivity contribution < 1.29 is 9.53 Å². The lowest BCUT2D eigenvalue weighted by molar-refractivity contribution is -0.143. The SMILES string of the molecule is COc1ccccc1/C=C/CN1CCN2CCN(C)C(=O)[C@@H]2C1. The highest BCUT2D eigenvalue weighted by atomic mass is 16.5. The van der Waals surface area contributed by atoms with Crippen LogP contribution in [0.3, 0.4) is 0 Å². The molecule has 1 aromatic carbocycles. The van der Waals surface area contributed by atoms with Gasteiger partial charge in [0.1, 0.15) is 11.8 Å². The Labute approximate surface area is 138 Å². The first-order chi connectivity index (χ1) is 11.2. The van der Waals surface area contributed by atoms with Crippen LogP contribution in [-0.2, 0) is 4.79 Å². The van der Waals surface area contributed by atoms with E-state index in [0.29, 0.717) is 0 Å². The summed E-state index contributed by atoms with van der Waals surface area (Å²) < 4.78 is 5.36. The first-order valence-electron chi connectivity index (χ1n) is 8.20. The molecule has 23 heavy (non-hydrogen) atoms. The van der Waals surface area contributed by atoms with E-state index in [1.807, 2.05) is 36.2 Å². The van der Waals surface area contributed by atoms with E-state index in [2.05, 4.69) is 22.0 Å². The third-order valence-corrected chi connectivity index (χ3v) is 4.76. The maximum atomic E-state index is 12.3. The lowest BCUT2D eigenvalue weighted by Gasteiger charge is -2.45. The molecule has 2 heterocycles. The van der Waals surface area contributed by atoms with Crippen molar-refractivity contribution in [3.63, 3.8) is 0 Å². The van der Waals surface area contributed by atoms with E-state index in [0.717, 1.165) is 50.6 Å². The Morgan fingerprint density at radius 3 is 2.83 bits per heavy atom. The second-order valence-electron chi connectivity index (χ2n) is 6.22. The molecule has 2 aliphatic heterocycles. The Bertz CT molecular complexity index is 587. The quantitative estimate of drug-likeness (QED) is 0.836. The number of piperazine rings is 2. The molecular weight excluding hydrogens is 290 g/mol. The van der Waals surface area contributed by atoms with E-state index < -0.39 is 0 Å². The highest BCUT2D eigenvalue weighted by Crippen LogP contribution is 2.19. The molecule has 0 aliphatic carbocycles. The topological polar surface area (TPSA) is 36.0 Å². The molecular formula is C18H25N3O2. The van der Waals surface area contributed by atoms with Gasteiger partial charge in [-0.1, -0.05) is 30.4 Å². The number of carbonyl (C=O) groups is 1. The summed E-state index contributed by atoms with van der Waals surface area (Å²) in [4.78, 5) is 18.8. The standard InChI is InChI=1S/C18H25N3O2/c1-19-10-12-21-13-11-20(14-16(21)18(19)22)9-5-7-15-6-3-4-8-17(15)23-2/h3-8,16H,9-14H2,1-2H3/b7-5+/t16-/m0/s1. The van der Waals surface area contributed by atoms with Crippen molar-refractivity contribution in [2.45, 2.75) is 6.04 Å². The Morgan fingerprint density at radius 1 is 1.22 bits per heavy atom. The summed E-state index contributed by atoms with van der Waals surface area (Å²) in [5.74, 6) is 1.15. The number of ether oxygens (including phenoxy) is 1. The van der Waals surface area contributed by atoms with E-state index in [4.69, 9.17) is 4.74 Å². The predicted molar refractivity (Wildman–Crippen MR) is 91.5 cm³/mol. The van der Waals surface area contributed by atoms with Gasteiger partial charge in [-0.3, -0.25) is 14.6 Å². The average Bonchev–Trinajstić information content (AvgIpc) is 2.59. The van der Waals surface area contributed by atoms with Crippen LogP contribution in [0.1, 0.15) is 5.56 Å². The fraction of sp³-hybridized carbons (Fsp3) is 0.500. The number of rotatable bonds is 4. The van der Waals surface area contributed by atoms with Gasteiger partial charge in [0, 0.05) is 51.9 Å². The zero-order valence-corrected chi connectivity index (χ0v) is 13.9. The minimum absolute atomic E-state index is 0.0298. The van der Waals surface area contributed by atoms with Crippen molar-refractivity contribution in [1.82, 2.24) is 14.7 Å². The molecule has 1 aromatic rings. The zero-order valence-electron chi connectivity index (χ0n) is 13.9. The van der Waals surface area contributed by atoms with E-state index in [9.17, 15) is 4.79 Å². The Balaban J connectivity index is 1.59. The second-order valence-corrected chi connectivity index (χ2v) is 6.22. The summed E-state index contributed by atoms with van der Waals surface area (Å²) in [5.41, 5.74) is 1.09. The van der Waals surface area contributed by atoms with Gasteiger partial charge < -0.3 is 9.64 Å². The van der Waals surface area contributed by atoms with Crippen LogP contribution in [0.15, 0.2) is 30.3 Å². The third kappa shape index (κ3) is 3.57. The van der Waals surface area contributed by atoms with E-state index in [1.165, 1.54) is 0 Å². The zero-order chi connectivity index (χ0) is 16.2. The lowest BCUT2D eigenvalue weighted by atomic mass is 10.1. The van der Waals surface area contributed by atoms with Crippen LogP contribution in [0.2, 0.25) is 0 Å². The van der Waals surface area contributed by atoms with Crippen molar-refractivity contribution in [3.8, 4) is 5.75 Å². The molecule has 3 rings (SSSR count). The maximum absolute atomic E-state index is 12.3. The minimum atomic E-state index is 0.0298. The minimum Gasteiger partial charge on any atom is -0.496 e. The van der Waals surface area contributed by atoms with Crippen molar-refractivity contribution in [2.24, 2.45) is 0 Å². The summed E-state index contributed by atoms with van der Waals surface area (Å²) in [6.07, 6.45) is 4.25. The molecule has 5 nitrogen and oxygen atoms in total. The third-order valence-electron chi connectivity index (χ3n) is 4.76. The highest BCUT2D eigenvalue weighted by Gasteiger charge is 2.36. The van der Waals surface area contributed by atoms with Crippen LogP contribution in [0, 0.1) is 0 Å². The first kappa shape index (κ1) is 16.0. The fourth-order valence-corrected chi connectivity index (χ4v) is 3.32. The molecule has 5 heteroatoms. The Kier molecular flexibility index (Phi) is 4.98. The number of methoxy groups -OCH3 is 1. The number of hydrogen-bond donors (Lipinski definition) is 0. The first-order valence-corrected chi connectivity index (χ1v) is 8.20. The number of likely N-dealkylation sites (N-methyl/N-ethyl adjacent to an activating group) is 1. The maximum Gasteiger partial charge on any atom is 0.241 e. The van der Waals surface area contributed by atoms with Crippen LogP contribution >= 0.6 is 0 Å². The van der Waals surface area contributed by atoms with Crippen molar-refractivity contribution in [1.29, 1.82) is 0 Å². The van der Waals surface area contributed by atoms with Gasteiger partial charge in [-0.2, -0.15) is 0 Å². The molecule has 0 aromatic heterocycles. The monoisotopic (exact) mass is 315 g/mol. The van der Waals surface area contributed by atoms with Crippen molar-refractivity contribution >= 4 is 12.0 Å². The summed E-state index contributed by atoms with van der Waals surface area (Å²) in [6.45, 7) is 5.52. The molecule has 0 unspecified atom stereocenters. The van der Waals surface area contributed by atoms with E-state index >= 15 is 0 Å². The molecule has 0 N–H and O–H groups in total. The molecule has 0 spiro atoms. The van der Waals surface area contributed by atoms with Gasteiger partial charge in [-0.05, 0) is 6.07 Å². The largest absolute Gasteiger partial charge is 0.496 e. The molecule has 2 aliphatic rings. The van der Waals surface area contributed by atoms with Gasteiger partial charge in [0.15, 0.2) is 0 Å². The molecule has 2 saturated heterocycles. The van der Waals surface area contributed by atoms with Gasteiger partial charge in [0.05, 0.1) is 7.11 Å². The molecule has 124 valence electrons. The highest BCUT2D eigenvalue weighted by molar-refractivity contribution is 5.82. The summed E-state index contributed by atoms with van der Waals surface area (Å²) in [5, 5.41) is 0. The summed E-state index contributed by atoms with van der Waals surface area (Å²) >= 11 is 0. The van der Waals surface area contributed by atoms with Crippen LogP contribution in [0.5, 0.6) is 5.75 Å². The normalized spacial score (nSPS) is 23.3. The lowest BCUT2D eigenvalue weighted by Crippen LogP contribution is -2.63. The smallest absolute Gasteiger partial charge is 0.241 e. The van der Waals surface area contributed by atoms with Crippen molar-refractivity contribution in [3.05, 3.63) is 35.9 Å². The van der Waals surface area contributed by atoms with Crippen molar-refractivity contribution in [2.75, 3.05) is 53.4 Å². The molecule has 0 saturated carbocycles. The van der Waals surface area contributed by atoms with Crippen LogP contribution < -0.4 is 4.74 Å². The fourth-order valence-electron chi connectivity index (χ4n) is 3.32. The van der Waals surface area contributed by atoms with Gasteiger partial charge in [-0.15, -0.1) is 0 Å². The summed E-state index contributed by atoms with van der Waals surface area (Å²) in [6, 6.07) is 8.03. The molecule has 0 radical (unpaired) electrons. The number of benzene rings is 1. The van der Waals surface area contributed by atoms with Gasteiger partial charge >= 0.3 is 0 Å². The van der Waals surface area contributed by atoms with Crippen LogP contribution in [-0.4, -0.2) is 80.1 Å². The Morgan fingerprint density at radius 2 is 2.00 bits per heavy atom. The predicted octanol–water partition coefficient (Wildman–Crippen LogP) is 1.17. The molecule has 2 fully saturated rings. The van der Waals surface area contributed by atoms with Gasteiger partial charge in [0.25, 0.3) is 0 Å². The number of hydrogen-bond acceptors (Lipinski definition) is 4. The molecule has 0 bridgehead atoms. The van der Waals surface area contributed by atoms with E-state index in [-0.39, 0.29) is 11.9 Å². The van der Waals surface area contributed by atoms with Gasteiger partial charge in [0.2, 0.25) is 5.91 Å². The number of para-hydroxylation sites is 1. The average molecular weight is 315 g/mol. The Hall–Kier alpha value is -1.85.